The third-order valence-corrected chi connectivity index (χ3v) is 3.37. The molecule has 0 aliphatic rings. The van der Waals surface area contributed by atoms with Crippen molar-refractivity contribution in [1.82, 2.24) is 10.2 Å². The summed E-state index contributed by atoms with van der Waals surface area (Å²) in [4.78, 5) is 25.1. The molecule has 0 atom stereocenters. The van der Waals surface area contributed by atoms with E-state index in [2.05, 4.69) is 5.32 Å². The Bertz CT molecular complexity index is 489. The third kappa shape index (κ3) is 7.22. The van der Waals surface area contributed by atoms with E-state index in [1.165, 1.54) is 0 Å². The van der Waals surface area contributed by atoms with Gasteiger partial charge in [-0.05, 0) is 18.9 Å². The SMILES string of the molecule is COCCCN(CCNC(=O)Cc1cccc(C)c1)C(C)=O. The van der Waals surface area contributed by atoms with E-state index < -0.39 is 0 Å². The van der Waals surface area contributed by atoms with Gasteiger partial charge in [0.25, 0.3) is 0 Å². The van der Waals surface area contributed by atoms with Crippen LogP contribution in [-0.2, 0) is 20.7 Å². The van der Waals surface area contributed by atoms with Gasteiger partial charge in [0.2, 0.25) is 11.8 Å². The highest BCUT2D eigenvalue weighted by Crippen LogP contribution is 2.04. The Kier molecular flexibility index (Phi) is 8.22. The summed E-state index contributed by atoms with van der Waals surface area (Å²) in [5.41, 5.74) is 2.15. The van der Waals surface area contributed by atoms with Gasteiger partial charge in [-0.1, -0.05) is 29.8 Å². The van der Waals surface area contributed by atoms with Crippen LogP contribution < -0.4 is 5.32 Å². The summed E-state index contributed by atoms with van der Waals surface area (Å²) in [6.45, 7) is 5.82. The van der Waals surface area contributed by atoms with Crippen molar-refractivity contribution in [1.29, 1.82) is 0 Å². The van der Waals surface area contributed by atoms with Gasteiger partial charge < -0.3 is 15.0 Å². The molecule has 1 aromatic rings. The van der Waals surface area contributed by atoms with Gasteiger partial charge in [-0.3, -0.25) is 9.59 Å². The molecule has 1 rings (SSSR count). The molecule has 5 nitrogen and oxygen atoms in total. The second-order valence-corrected chi connectivity index (χ2v) is 5.37. The molecule has 0 saturated carbocycles. The standard InChI is InChI=1S/C17H26N2O3/c1-14-6-4-7-16(12-14)13-17(21)18-8-10-19(15(2)20)9-5-11-22-3/h4,6-7,12H,5,8-11,13H2,1-3H3,(H,18,21). The molecule has 0 unspecified atom stereocenters. The van der Waals surface area contributed by atoms with E-state index in [0.717, 1.165) is 17.5 Å². The van der Waals surface area contributed by atoms with E-state index in [0.29, 0.717) is 32.7 Å². The van der Waals surface area contributed by atoms with Crippen molar-refractivity contribution in [2.24, 2.45) is 0 Å². The van der Waals surface area contributed by atoms with Gasteiger partial charge in [-0.2, -0.15) is 0 Å². The van der Waals surface area contributed by atoms with Gasteiger partial charge in [-0.25, -0.2) is 0 Å². The maximum absolute atomic E-state index is 11.9. The first-order chi connectivity index (χ1) is 10.5. The minimum absolute atomic E-state index is 0.0176. The molecule has 0 aliphatic carbocycles. The average Bonchev–Trinajstić information content (AvgIpc) is 2.45. The number of rotatable bonds is 9. The second-order valence-electron chi connectivity index (χ2n) is 5.37. The smallest absolute Gasteiger partial charge is 0.224 e. The van der Waals surface area contributed by atoms with Crippen LogP contribution in [0.5, 0.6) is 0 Å². The van der Waals surface area contributed by atoms with E-state index in [1.54, 1.807) is 18.9 Å². The number of ether oxygens (including phenoxy) is 1. The van der Waals surface area contributed by atoms with Crippen molar-refractivity contribution in [2.75, 3.05) is 33.4 Å². The minimum Gasteiger partial charge on any atom is -0.385 e. The Labute approximate surface area is 132 Å². The van der Waals surface area contributed by atoms with Crippen LogP contribution in [-0.4, -0.2) is 50.1 Å². The third-order valence-electron chi connectivity index (χ3n) is 3.37. The molecule has 122 valence electrons. The molecule has 0 fully saturated rings. The van der Waals surface area contributed by atoms with Crippen molar-refractivity contribution in [3.8, 4) is 0 Å². The number of benzene rings is 1. The van der Waals surface area contributed by atoms with Gasteiger partial charge in [0.05, 0.1) is 6.42 Å². The highest BCUT2D eigenvalue weighted by molar-refractivity contribution is 5.78. The van der Waals surface area contributed by atoms with Crippen LogP contribution >= 0.6 is 0 Å². The largest absolute Gasteiger partial charge is 0.385 e. The number of carbonyl (C=O) groups is 2. The molecule has 2 amide bonds. The first kappa shape index (κ1) is 18.2. The lowest BCUT2D eigenvalue weighted by Gasteiger charge is -2.21. The van der Waals surface area contributed by atoms with Crippen molar-refractivity contribution >= 4 is 11.8 Å². The fourth-order valence-corrected chi connectivity index (χ4v) is 2.23. The molecule has 0 aliphatic heterocycles. The summed E-state index contributed by atoms with van der Waals surface area (Å²) >= 11 is 0. The van der Waals surface area contributed by atoms with Crippen molar-refractivity contribution in [3.63, 3.8) is 0 Å². The monoisotopic (exact) mass is 306 g/mol. The molecule has 0 spiro atoms. The van der Waals surface area contributed by atoms with Gasteiger partial charge in [0, 0.05) is 40.3 Å². The lowest BCUT2D eigenvalue weighted by atomic mass is 10.1. The van der Waals surface area contributed by atoms with Crippen LogP contribution in [0.4, 0.5) is 0 Å². The van der Waals surface area contributed by atoms with Crippen LogP contribution in [0.3, 0.4) is 0 Å². The lowest BCUT2D eigenvalue weighted by Crippen LogP contribution is -2.38. The van der Waals surface area contributed by atoms with Crippen molar-refractivity contribution in [2.45, 2.75) is 26.7 Å². The summed E-state index contributed by atoms with van der Waals surface area (Å²) in [5.74, 6) is -0.00460. The van der Waals surface area contributed by atoms with Crippen LogP contribution in [0.2, 0.25) is 0 Å². The molecule has 1 N–H and O–H groups in total. The maximum Gasteiger partial charge on any atom is 0.224 e. The summed E-state index contributed by atoms with van der Waals surface area (Å²) < 4.78 is 4.98. The number of nitrogens with one attached hydrogen (secondary N) is 1. The number of aryl methyl sites for hydroxylation is 1. The number of carbonyl (C=O) groups excluding carboxylic acids is 2. The Morgan fingerprint density at radius 1 is 1.27 bits per heavy atom. The fourth-order valence-electron chi connectivity index (χ4n) is 2.23. The topological polar surface area (TPSA) is 58.6 Å². The molecular formula is C17H26N2O3. The minimum atomic E-state index is -0.0222. The number of amides is 2. The summed E-state index contributed by atoms with van der Waals surface area (Å²) in [6, 6.07) is 7.91. The van der Waals surface area contributed by atoms with Crippen LogP contribution in [0.1, 0.15) is 24.5 Å². The summed E-state index contributed by atoms with van der Waals surface area (Å²) in [7, 11) is 1.64. The summed E-state index contributed by atoms with van der Waals surface area (Å²) in [6.07, 6.45) is 1.17. The first-order valence-electron chi connectivity index (χ1n) is 7.59. The molecule has 0 radical (unpaired) electrons. The van der Waals surface area contributed by atoms with E-state index in [1.807, 2.05) is 31.2 Å². The molecule has 0 heterocycles. The predicted octanol–water partition coefficient (Wildman–Crippen LogP) is 1.54. The van der Waals surface area contributed by atoms with Gasteiger partial charge in [0.1, 0.15) is 0 Å². The molecule has 22 heavy (non-hydrogen) atoms. The van der Waals surface area contributed by atoms with Crippen LogP contribution in [0.25, 0.3) is 0 Å². The molecule has 0 bridgehead atoms. The zero-order valence-electron chi connectivity index (χ0n) is 13.7. The summed E-state index contributed by atoms with van der Waals surface area (Å²) in [5, 5.41) is 2.86. The van der Waals surface area contributed by atoms with Gasteiger partial charge >= 0.3 is 0 Å². The Hall–Kier alpha value is -1.88. The Balaban J connectivity index is 2.31. The van der Waals surface area contributed by atoms with Crippen LogP contribution in [0, 0.1) is 6.92 Å². The highest BCUT2D eigenvalue weighted by atomic mass is 16.5. The fraction of sp³-hybridized carbons (Fsp3) is 0.529. The molecule has 5 heteroatoms. The number of methoxy groups -OCH3 is 1. The quantitative estimate of drug-likeness (QED) is 0.704. The van der Waals surface area contributed by atoms with E-state index >= 15 is 0 Å². The van der Waals surface area contributed by atoms with Crippen molar-refractivity contribution < 1.29 is 14.3 Å². The lowest BCUT2D eigenvalue weighted by molar-refractivity contribution is -0.129. The predicted molar refractivity (Wildman–Crippen MR) is 86.6 cm³/mol. The highest BCUT2D eigenvalue weighted by Gasteiger charge is 2.09. The number of nitrogens with zero attached hydrogens (tertiary/aromatic N) is 1. The molecule has 0 aromatic heterocycles. The van der Waals surface area contributed by atoms with Crippen LogP contribution in [0.15, 0.2) is 24.3 Å². The zero-order chi connectivity index (χ0) is 16.4. The van der Waals surface area contributed by atoms with Crippen molar-refractivity contribution in [3.05, 3.63) is 35.4 Å². The normalized spacial score (nSPS) is 10.3. The van der Waals surface area contributed by atoms with Gasteiger partial charge in [0.15, 0.2) is 0 Å². The Morgan fingerprint density at radius 2 is 2.05 bits per heavy atom. The molecule has 1 aromatic carbocycles. The van der Waals surface area contributed by atoms with E-state index in [9.17, 15) is 9.59 Å². The maximum atomic E-state index is 11.9. The Morgan fingerprint density at radius 3 is 2.68 bits per heavy atom. The molecule has 0 saturated heterocycles. The van der Waals surface area contributed by atoms with E-state index in [-0.39, 0.29) is 11.8 Å². The second kappa shape index (κ2) is 9.95. The first-order valence-corrected chi connectivity index (χ1v) is 7.59. The van der Waals surface area contributed by atoms with Gasteiger partial charge in [-0.15, -0.1) is 0 Å². The molecular weight excluding hydrogens is 280 g/mol. The average molecular weight is 306 g/mol. The zero-order valence-corrected chi connectivity index (χ0v) is 13.7. The van der Waals surface area contributed by atoms with E-state index in [4.69, 9.17) is 4.74 Å². The number of hydrogen-bond donors (Lipinski definition) is 1. The number of hydrogen-bond acceptors (Lipinski definition) is 3.